The SMILES string of the molecule is C[C@@H](NC(=O)c1cc2c(s1)CCCCCC2)[C@@H]1CCCO1. The molecule has 3 rings (SSSR count). The lowest BCUT2D eigenvalue weighted by Gasteiger charge is -2.19. The molecule has 1 aliphatic carbocycles. The summed E-state index contributed by atoms with van der Waals surface area (Å²) in [6, 6.07) is 2.23. The maximum atomic E-state index is 12.4. The van der Waals surface area contributed by atoms with Crippen LogP contribution in [0.25, 0.3) is 0 Å². The summed E-state index contributed by atoms with van der Waals surface area (Å²) >= 11 is 1.70. The molecule has 4 heteroatoms. The Labute approximate surface area is 131 Å². The summed E-state index contributed by atoms with van der Waals surface area (Å²) in [4.78, 5) is 14.8. The van der Waals surface area contributed by atoms with E-state index in [1.807, 2.05) is 0 Å². The van der Waals surface area contributed by atoms with Gasteiger partial charge in [0.1, 0.15) is 0 Å². The Morgan fingerprint density at radius 2 is 2.10 bits per heavy atom. The summed E-state index contributed by atoms with van der Waals surface area (Å²) in [7, 11) is 0. The van der Waals surface area contributed by atoms with Crippen LogP contribution in [0.5, 0.6) is 0 Å². The molecule has 1 amide bonds. The van der Waals surface area contributed by atoms with Gasteiger partial charge in [-0.15, -0.1) is 11.3 Å². The van der Waals surface area contributed by atoms with E-state index in [0.29, 0.717) is 0 Å². The fraction of sp³-hybridized carbons (Fsp3) is 0.706. The number of carbonyl (C=O) groups excluding carboxylic acids is 1. The van der Waals surface area contributed by atoms with Crippen molar-refractivity contribution in [2.75, 3.05) is 6.61 Å². The van der Waals surface area contributed by atoms with Gasteiger partial charge in [-0.2, -0.15) is 0 Å². The standard InChI is InChI=1S/C17H25NO2S/c1-12(14-8-6-10-20-14)18-17(19)16-11-13-7-4-2-3-5-9-15(13)21-16/h11-12,14H,2-10H2,1H3,(H,18,19)/t12-,14+/m1/s1. The predicted octanol–water partition coefficient (Wildman–Crippen LogP) is 3.70. The first-order chi connectivity index (χ1) is 10.2. The second kappa shape index (κ2) is 6.93. The van der Waals surface area contributed by atoms with Crippen LogP contribution in [0.1, 0.15) is 65.6 Å². The van der Waals surface area contributed by atoms with Crippen LogP contribution in [0.15, 0.2) is 6.07 Å². The molecule has 2 heterocycles. The van der Waals surface area contributed by atoms with Crippen molar-refractivity contribution in [3.05, 3.63) is 21.4 Å². The zero-order valence-electron chi connectivity index (χ0n) is 12.8. The van der Waals surface area contributed by atoms with Crippen molar-refractivity contribution in [1.29, 1.82) is 0 Å². The van der Waals surface area contributed by atoms with E-state index in [2.05, 4.69) is 18.3 Å². The van der Waals surface area contributed by atoms with E-state index >= 15 is 0 Å². The first-order valence-electron chi connectivity index (χ1n) is 8.28. The van der Waals surface area contributed by atoms with Crippen LogP contribution in [0.2, 0.25) is 0 Å². The Kier molecular flexibility index (Phi) is 4.96. The van der Waals surface area contributed by atoms with Crippen molar-refractivity contribution in [1.82, 2.24) is 5.32 Å². The highest BCUT2D eigenvalue weighted by molar-refractivity contribution is 7.14. The minimum absolute atomic E-state index is 0.0785. The highest BCUT2D eigenvalue weighted by Crippen LogP contribution is 2.28. The lowest BCUT2D eigenvalue weighted by Crippen LogP contribution is -2.40. The normalized spacial score (nSPS) is 24.0. The highest BCUT2D eigenvalue weighted by atomic mass is 32.1. The molecule has 1 aromatic heterocycles. The Bertz CT molecular complexity index is 465. The molecular weight excluding hydrogens is 282 g/mol. The van der Waals surface area contributed by atoms with Crippen LogP contribution in [0, 0.1) is 0 Å². The summed E-state index contributed by atoms with van der Waals surface area (Å²) in [5.74, 6) is 0.0785. The molecule has 0 radical (unpaired) electrons. The van der Waals surface area contributed by atoms with Crippen LogP contribution in [-0.4, -0.2) is 24.7 Å². The molecular formula is C17H25NO2S. The van der Waals surface area contributed by atoms with Crippen molar-refractivity contribution >= 4 is 17.2 Å². The average molecular weight is 307 g/mol. The van der Waals surface area contributed by atoms with E-state index < -0.39 is 0 Å². The fourth-order valence-corrected chi connectivity index (χ4v) is 4.48. The third-order valence-electron chi connectivity index (χ3n) is 4.60. The van der Waals surface area contributed by atoms with Gasteiger partial charge in [-0.3, -0.25) is 4.79 Å². The van der Waals surface area contributed by atoms with E-state index in [4.69, 9.17) is 4.74 Å². The van der Waals surface area contributed by atoms with Crippen LogP contribution < -0.4 is 5.32 Å². The van der Waals surface area contributed by atoms with Crippen molar-refractivity contribution < 1.29 is 9.53 Å². The maximum Gasteiger partial charge on any atom is 0.261 e. The molecule has 0 saturated carbocycles. The van der Waals surface area contributed by atoms with Crippen LogP contribution in [0.4, 0.5) is 0 Å². The number of fused-ring (bicyclic) bond motifs is 1. The number of hydrogen-bond acceptors (Lipinski definition) is 3. The van der Waals surface area contributed by atoms with E-state index in [9.17, 15) is 4.79 Å². The number of thiophene rings is 1. The Hall–Kier alpha value is -0.870. The van der Waals surface area contributed by atoms with Crippen molar-refractivity contribution in [3.8, 4) is 0 Å². The number of ether oxygens (including phenoxy) is 1. The Morgan fingerprint density at radius 1 is 1.29 bits per heavy atom. The maximum absolute atomic E-state index is 12.4. The van der Waals surface area contributed by atoms with Crippen molar-refractivity contribution in [2.45, 2.75) is 70.4 Å². The smallest absolute Gasteiger partial charge is 0.261 e. The average Bonchev–Trinajstić information content (AvgIpc) is 3.08. The van der Waals surface area contributed by atoms with Crippen LogP contribution >= 0.6 is 11.3 Å². The molecule has 21 heavy (non-hydrogen) atoms. The van der Waals surface area contributed by atoms with Crippen molar-refractivity contribution in [2.24, 2.45) is 0 Å². The second-order valence-corrected chi connectivity index (χ2v) is 7.42. The monoisotopic (exact) mass is 307 g/mol. The molecule has 0 unspecified atom stereocenters. The van der Waals surface area contributed by atoms with E-state index in [1.54, 1.807) is 11.3 Å². The summed E-state index contributed by atoms with van der Waals surface area (Å²) < 4.78 is 5.65. The molecule has 1 saturated heterocycles. The van der Waals surface area contributed by atoms with Gasteiger partial charge < -0.3 is 10.1 Å². The molecule has 2 aliphatic rings. The van der Waals surface area contributed by atoms with E-state index in [-0.39, 0.29) is 18.1 Å². The zero-order valence-corrected chi connectivity index (χ0v) is 13.6. The lowest BCUT2D eigenvalue weighted by molar-refractivity contribution is 0.0714. The van der Waals surface area contributed by atoms with Crippen LogP contribution in [-0.2, 0) is 17.6 Å². The zero-order chi connectivity index (χ0) is 14.7. The van der Waals surface area contributed by atoms with Gasteiger partial charge in [-0.25, -0.2) is 0 Å². The first kappa shape index (κ1) is 15.0. The quantitative estimate of drug-likeness (QED) is 0.924. The minimum Gasteiger partial charge on any atom is -0.376 e. The minimum atomic E-state index is 0.0785. The molecule has 1 N–H and O–H groups in total. The molecule has 1 aliphatic heterocycles. The number of aryl methyl sites for hydroxylation is 2. The first-order valence-corrected chi connectivity index (χ1v) is 9.10. The molecule has 1 fully saturated rings. The lowest BCUT2D eigenvalue weighted by atomic mass is 10.00. The molecule has 3 nitrogen and oxygen atoms in total. The Balaban J connectivity index is 1.65. The highest BCUT2D eigenvalue weighted by Gasteiger charge is 2.25. The molecule has 0 aromatic carbocycles. The number of carbonyl (C=O) groups is 1. The summed E-state index contributed by atoms with van der Waals surface area (Å²) in [5, 5.41) is 3.12. The molecule has 2 atom stereocenters. The van der Waals surface area contributed by atoms with E-state index in [0.717, 1.165) is 37.2 Å². The van der Waals surface area contributed by atoms with Gasteiger partial charge in [0.2, 0.25) is 0 Å². The number of hydrogen-bond donors (Lipinski definition) is 1. The summed E-state index contributed by atoms with van der Waals surface area (Å²) in [6.45, 7) is 2.88. The molecule has 0 bridgehead atoms. The summed E-state index contributed by atoms with van der Waals surface area (Å²) in [6.07, 6.45) is 9.82. The van der Waals surface area contributed by atoms with Gasteiger partial charge in [0.05, 0.1) is 17.0 Å². The third kappa shape index (κ3) is 3.67. The topological polar surface area (TPSA) is 38.3 Å². The molecule has 1 aromatic rings. The third-order valence-corrected chi connectivity index (χ3v) is 5.84. The van der Waals surface area contributed by atoms with Gasteiger partial charge >= 0.3 is 0 Å². The van der Waals surface area contributed by atoms with Gasteiger partial charge in [-0.05, 0) is 57.1 Å². The fourth-order valence-electron chi connectivity index (χ4n) is 3.32. The predicted molar refractivity (Wildman–Crippen MR) is 86.1 cm³/mol. The number of rotatable bonds is 3. The van der Waals surface area contributed by atoms with Crippen molar-refractivity contribution in [3.63, 3.8) is 0 Å². The van der Waals surface area contributed by atoms with Gasteiger partial charge in [0.15, 0.2) is 0 Å². The number of nitrogens with one attached hydrogen (secondary N) is 1. The van der Waals surface area contributed by atoms with Crippen LogP contribution in [0.3, 0.4) is 0 Å². The summed E-state index contributed by atoms with van der Waals surface area (Å²) in [5.41, 5.74) is 1.41. The molecule has 116 valence electrons. The van der Waals surface area contributed by atoms with Gasteiger partial charge in [0.25, 0.3) is 5.91 Å². The van der Waals surface area contributed by atoms with Gasteiger partial charge in [-0.1, -0.05) is 12.8 Å². The second-order valence-electron chi connectivity index (χ2n) is 6.29. The largest absolute Gasteiger partial charge is 0.376 e. The number of amides is 1. The van der Waals surface area contributed by atoms with E-state index in [1.165, 1.54) is 36.1 Å². The van der Waals surface area contributed by atoms with Gasteiger partial charge in [0, 0.05) is 11.5 Å². The molecule has 0 spiro atoms. The Morgan fingerprint density at radius 3 is 2.86 bits per heavy atom.